The number of hydrogen-bond donors (Lipinski definition) is 1. The molecule has 0 spiro atoms. The number of nitrogens with one attached hydrogen (secondary N) is 1. The van der Waals surface area contributed by atoms with Crippen molar-refractivity contribution in [2.45, 2.75) is 83.7 Å². The van der Waals surface area contributed by atoms with Crippen molar-refractivity contribution < 1.29 is 9.22 Å². The van der Waals surface area contributed by atoms with Gasteiger partial charge in [0, 0.05) is 12.5 Å². The number of hydrogen-bond acceptors (Lipinski definition) is 2. The Morgan fingerprint density at radius 3 is 2.50 bits per heavy atom. The van der Waals surface area contributed by atoms with Crippen LogP contribution in [0.5, 0.6) is 0 Å². The predicted molar refractivity (Wildman–Crippen MR) is 78.1 cm³/mol. The van der Waals surface area contributed by atoms with Gasteiger partial charge in [-0.25, -0.2) is 0 Å². The minimum atomic E-state index is -1.83. The van der Waals surface area contributed by atoms with E-state index in [-0.39, 0.29) is 17.0 Å². The van der Waals surface area contributed by atoms with Crippen LogP contribution >= 0.6 is 0 Å². The molecule has 1 amide bonds. The summed E-state index contributed by atoms with van der Waals surface area (Å²) in [6.45, 7) is 13.2. The van der Waals surface area contributed by atoms with Crippen LogP contribution < -0.4 is 5.32 Å². The van der Waals surface area contributed by atoms with Gasteiger partial charge in [0.15, 0.2) is 8.32 Å². The molecule has 1 aliphatic heterocycles. The highest BCUT2D eigenvalue weighted by atomic mass is 28.4. The summed E-state index contributed by atoms with van der Waals surface area (Å²) in [4.78, 5) is 11.9. The van der Waals surface area contributed by atoms with E-state index < -0.39 is 8.32 Å². The van der Waals surface area contributed by atoms with Gasteiger partial charge in [0.2, 0.25) is 5.91 Å². The topological polar surface area (TPSA) is 38.3 Å². The Hall–Kier alpha value is -0.353. The summed E-state index contributed by atoms with van der Waals surface area (Å²) < 4.78 is 6.21. The first-order valence-electron chi connectivity index (χ1n) is 7.15. The molecule has 0 aliphatic carbocycles. The number of rotatable bonds is 5. The Morgan fingerprint density at radius 1 is 1.39 bits per heavy atom. The summed E-state index contributed by atoms with van der Waals surface area (Å²) in [6, 6.07) is 0.326. The van der Waals surface area contributed by atoms with Crippen LogP contribution in [-0.2, 0) is 9.22 Å². The van der Waals surface area contributed by atoms with Gasteiger partial charge in [-0.3, -0.25) is 4.79 Å². The largest absolute Gasteiger partial charge is 0.405 e. The SMILES string of the molecule is CCCCC1C[C@H](O[Si](C)(C)C(C)(C)C)C(=O)N1. The molecule has 2 atom stereocenters. The fourth-order valence-corrected chi connectivity index (χ4v) is 3.26. The lowest BCUT2D eigenvalue weighted by Gasteiger charge is -2.37. The lowest BCUT2D eigenvalue weighted by atomic mass is 10.1. The molecule has 1 unspecified atom stereocenters. The highest BCUT2D eigenvalue weighted by molar-refractivity contribution is 6.74. The van der Waals surface area contributed by atoms with Crippen molar-refractivity contribution in [1.29, 1.82) is 0 Å². The van der Waals surface area contributed by atoms with Crippen LogP contribution in [0.25, 0.3) is 0 Å². The molecule has 1 rings (SSSR count). The molecular weight excluding hydrogens is 242 g/mol. The van der Waals surface area contributed by atoms with Gasteiger partial charge in [0.05, 0.1) is 0 Å². The fourth-order valence-electron chi connectivity index (χ4n) is 1.99. The van der Waals surface area contributed by atoms with Gasteiger partial charge < -0.3 is 9.74 Å². The van der Waals surface area contributed by atoms with Crippen LogP contribution in [0.4, 0.5) is 0 Å². The highest BCUT2D eigenvalue weighted by Crippen LogP contribution is 2.38. The summed E-state index contributed by atoms with van der Waals surface area (Å²) in [5.74, 6) is 0.0981. The smallest absolute Gasteiger partial charge is 0.248 e. The summed E-state index contributed by atoms with van der Waals surface area (Å²) in [7, 11) is -1.83. The zero-order valence-electron chi connectivity index (χ0n) is 12.8. The van der Waals surface area contributed by atoms with E-state index in [0.717, 1.165) is 12.8 Å². The van der Waals surface area contributed by atoms with Gasteiger partial charge in [-0.2, -0.15) is 0 Å². The third kappa shape index (κ3) is 3.82. The van der Waals surface area contributed by atoms with E-state index in [1.165, 1.54) is 12.8 Å². The Bertz CT molecular complexity index is 297. The van der Waals surface area contributed by atoms with Gasteiger partial charge in [-0.15, -0.1) is 0 Å². The molecule has 1 fully saturated rings. The molecular formula is C14H29NO2Si. The van der Waals surface area contributed by atoms with E-state index in [1.807, 2.05) is 0 Å². The highest BCUT2D eigenvalue weighted by Gasteiger charge is 2.43. The van der Waals surface area contributed by atoms with Crippen molar-refractivity contribution in [1.82, 2.24) is 5.32 Å². The van der Waals surface area contributed by atoms with E-state index in [2.05, 4.69) is 46.1 Å². The molecule has 0 aromatic rings. The van der Waals surface area contributed by atoms with Gasteiger partial charge in [-0.1, -0.05) is 40.5 Å². The van der Waals surface area contributed by atoms with Crippen molar-refractivity contribution in [3.8, 4) is 0 Å². The molecule has 1 saturated heterocycles. The van der Waals surface area contributed by atoms with Crippen LogP contribution in [0.15, 0.2) is 0 Å². The van der Waals surface area contributed by atoms with Crippen molar-refractivity contribution in [3.63, 3.8) is 0 Å². The summed E-state index contributed by atoms with van der Waals surface area (Å²) in [5.41, 5.74) is 0. The Labute approximate surface area is 113 Å². The van der Waals surface area contributed by atoms with E-state index >= 15 is 0 Å². The number of carbonyl (C=O) groups is 1. The molecule has 0 bridgehead atoms. The predicted octanol–water partition coefficient (Wildman–Crippen LogP) is 3.46. The van der Waals surface area contributed by atoms with E-state index in [9.17, 15) is 4.79 Å². The van der Waals surface area contributed by atoms with E-state index in [1.54, 1.807) is 0 Å². The maximum absolute atomic E-state index is 11.9. The molecule has 0 saturated carbocycles. The van der Waals surface area contributed by atoms with E-state index in [0.29, 0.717) is 6.04 Å². The van der Waals surface area contributed by atoms with Crippen LogP contribution in [0, 0.1) is 0 Å². The maximum Gasteiger partial charge on any atom is 0.248 e. The van der Waals surface area contributed by atoms with Crippen LogP contribution in [-0.4, -0.2) is 26.4 Å². The van der Waals surface area contributed by atoms with Crippen molar-refractivity contribution in [3.05, 3.63) is 0 Å². The van der Waals surface area contributed by atoms with Gasteiger partial charge >= 0.3 is 0 Å². The molecule has 18 heavy (non-hydrogen) atoms. The molecule has 0 aromatic carbocycles. The first-order chi connectivity index (χ1) is 8.17. The molecule has 4 heteroatoms. The second kappa shape index (κ2) is 5.74. The standard InChI is InChI=1S/C14H29NO2Si/c1-7-8-9-11-10-12(13(16)15-11)17-18(5,6)14(2,3)4/h11-12H,7-10H2,1-6H3,(H,15,16)/t11?,12-/m0/s1. The second-order valence-corrected chi connectivity index (χ2v) is 11.7. The lowest BCUT2D eigenvalue weighted by molar-refractivity contribution is -0.125. The van der Waals surface area contributed by atoms with Gasteiger partial charge in [0.1, 0.15) is 6.10 Å². The minimum absolute atomic E-state index is 0.0981. The summed E-state index contributed by atoms with van der Waals surface area (Å²) in [5, 5.41) is 3.23. The quantitative estimate of drug-likeness (QED) is 0.778. The maximum atomic E-state index is 11.9. The molecule has 1 N–H and O–H groups in total. The van der Waals surface area contributed by atoms with Crippen LogP contribution in [0.3, 0.4) is 0 Å². The number of carbonyl (C=O) groups excluding carboxylic acids is 1. The van der Waals surface area contributed by atoms with Crippen LogP contribution in [0.2, 0.25) is 18.1 Å². The molecule has 1 aliphatic rings. The van der Waals surface area contributed by atoms with Crippen molar-refractivity contribution >= 4 is 14.2 Å². The third-order valence-corrected chi connectivity index (χ3v) is 8.77. The average molecular weight is 271 g/mol. The zero-order chi connectivity index (χ0) is 14.0. The first kappa shape index (κ1) is 15.7. The number of amides is 1. The van der Waals surface area contributed by atoms with Crippen molar-refractivity contribution in [2.24, 2.45) is 0 Å². The number of unbranched alkanes of at least 4 members (excludes halogenated alkanes) is 1. The average Bonchev–Trinajstić information content (AvgIpc) is 2.54. The molecule has 1 heterocycles. The normalized spacial score (nSPS) is 25.3. The monoisotopic (exact) mass is 271 g/mol. The van der Waals surface area contributed by atoms with Gasteiger partial charge in [0.25, 0.3) is 0 Å². The molecule has 3 nitrogen and oxygen atoms in total. The summed E-state index contributed by atoms with van der Waals surface area (Å²) in [6.07, 6.45) is 4.08. The Morgan fingerprint density at radius 2 is 2.00 bits per heavy atom. The second-order valence-electron chi connectivity index (χ2n) is 6.95. The summed E-state index contributed by atoms with van der Waals surface area (Å²) >= 11 is 0. The van der Waals surface area contributed by atoms with Crippen molar-refractivity contribution in [2.75, 3.05) is 0 Å². The van der Waals surface area contributed by atoms with E-state index in [4.69, 9.17) is 4.43 Å². The minimum Gasteiger partial charge on any atom is -0.405 e. The lowest BCUT2D eigenvalue weighted by Crippen LogP contribution is -2.45. The molecule has 0 radical (unpaired) electrons. The first-order valence-corrected chi connectivity index (χ1v) is 10.1. The van der Waals surface area contributed by atoms with Gasteiger partial charge in [-0.05, 0) is 24.6 Å². The fraction of sp³-hybridized carbons (Fsp3) is 0.929. The van der Waals surface area contributed by atoms with Crippen LogP contribution in [0.1, 0.15) is 53.4 Å². The Balaban J connectivity index is 2.56. The molecule has 106 valence electrons. The Kier molecular flexibility index (Phi) is 5.01. The third-order valence-electron chi connectivity index (χ3n) is 4.29. The molecule has 0 aromatic heterocycles. The zero-order valence-corrected chi connectivity index (χ0v) is 13.8.